The highest BCUT2D eigenvalue weighted by atomic mass is 16.5. The van der Waals surface area contributed by atoms with Gasteiger partial charge in [-0.05, 0) is 25.5 Å². The molecule has 0 fully saturated rings. The van der Waals surface area contributed by atoms with E-state index in [1.165, 1.54) is 6.20 Å². The molecule has 1 aromatic rings. The molecule has 6 nitrogen and oxygen atoms in total. The minimum Gasteiger partial charge on any atom is -0.462 e. The van der Waals surface area contributed by atoms with E-state index >= 15 is 0 Å². The van der Waals surface area contributed by atoms with Crippen LogP contribution in [0.15, 0.2) is 18.3 Å². The van der Waals surface area contributed by atoms with Crippen LogP contribution in [0.3, 0.4) is 0 Å². The molecule has 1 aromatic heterocycles. The van der Waals surface area contributed by atoms with Gasteiger partial charge >= 0.3 is 5.97 Å². The van der Waals surface area contributed by atoms with Crippen LogP contribution in [-0.4, -0.2) is 37.4 Å². The first kappa shape index (κ1) is 14.4. The molecule has 0 radical (unpaired) electrons. The second kappa shape index (κ2) is 8.43. The minimum atomic E-state index is -0.354. The van der Waals surface area contributed by atoms with Crippen molar-refractivity contribution in [1.29, 1.82) is 0 Å². The number of rotatable bonds is 8. The number of nitrogens with two attached hydrogens (primary N) is 1. The lowest BCUT2D eigenvalue weighted by Crippen LogP contribution is -2.11. The predicted molar refractivity (Wildman–Crippen MR) is 68.3 cm³/mol. The average molecular weight is 253 g/mol. The second-order valence-electron chi connectivity index (χ2n) is 3.51. The number of esters is 1. The van der Waals surface area contributed by atoms with Crippen molar-refractivity contribution in [2.24, 2.45) is 5.73 Å². The Morgan fingerprint density at radius 1 is 1.50 bits per heavy atom. The highest BCUT2D eigenvalue weighted by molar-refractivity contribution is 5.89. The number of carbonyl (C=O) groups is 1. The van der Waals surface area contributed by atoms with Crippen LogP contribution in [0.25, 0.3) is 0 Å². The Morgan fingerprint density at radius 3 is 2.94 bits per heavy atom. The van der Waals surface area contributed by atoms with E-state index in [0.717, 1.165) is 18.8 Å². The van der Waals surface area contributed by atoms with E-state index < -0.39 is 0 Å². The normalized spacial score (nSPS) is 10.1. The Morgan fingerprint density at radius 2 is 2.33 bits per heavy atom. The molecule has 0 saturated heterocycles. The number of hydrogen-bond acceptors (Lipinski definition) is 6. The van der Waals surface area contributed by atoms with Gasteiger partial charge in [-0.2, -0.15) is 0 Å². The summed E-state index contributed by atoms with van der Waals surface area (Å²) in [6.07, 6.45) is 2.34. The van der Waals surface area contributed by atoms with Crippen LogP contribution >= 0.6 is 0 Å². The quantitative estimate of drug-likeness (QED) is 0.408. The smallest absolute Gasteiger partial charge is 0.339 e. The Labute approximate surface area is 106 Å². The molecule has 0 aromatic carbocycles. The zero-order valence-electron chi connectivity index (χ0n) is 10.5. The number of hydrogen-bond donors (Lipinski definition) is 2. The van der Waals surface area contributed by atoms with Gasteiger partial charge in [0.2, 0.25) is 0 Å². The van der Waals surface area contributed by atoms with E-state index in [0.29, 0.717) is 18.8 Å². The van der Waals surface area contributed by atoms with E-state index in [2.05, 4.69) is 10.3 Å². The van der Waals surface area contributed by atoms with Crippen LogP contribution in [0.2, 0.25) is 0 Å². The maximum absolute atomic E-state index is 11.4. The van der Waals surface area contributed by atoms with Crippen molar-refractivity contribution in [2.45, 2.75) is 13.3 Å². The fourth-order valence-electron chi connectivity index (χ4n) is 1.31. The highest BCUT2D eigenvalue weighted by Gasteiger charge is 2.06. The summed E-state index contributed by atoms with van der Waals surface area (Å²) in [4.78, 5) is 15.5. The Balaban J connectivity index is 2.33. The molecule has 0 saturated carbocycles. The van der Waals surface area contributed by atoms with E-state index in [9.17, 15) is 4.79 Å². The van der Waals surface area contributed by atoms with Gasteiger partial charge in [0.25, 0.3) is 0 Å². The van der Waals surface area contributed by atoms with Crippen molar-refractivity contribution in [1.82, 2.24) is 4.98 Å². The third-order valence-electron chi connectivity index (χ3n) is 2.16. The Hall–Kier alpha value is -1.66. The molecule has 0 spiro atoms. The summed E-state index contributed by atoms with van der Waals surface area (Å²) in [5.74, 6) is 0.365. The average Bonchev–Trinajstić information content (AvgIpc) is 2.39. The predicted octanol–water partition coefficient (Wildman–Crippen LogP) is 0.993. The highest BCUT2D eigenvalue weighted by Crippen LogP contribution is 2.06. The first-order valence-electron chi connectivity index (χ1n) is 5.92. The number of anilines is 1. The summed E-state index contributed by atoms with van der Waals surface area (Å²) >= 11 is 0. The molecule has 0 unspecified atom stereocenters. The van der Waals surface area contributed by atoms with Gasteiger partial charge in [0.1, 0.15) is 5.82 Å². The molecule has 0 aliphatic rings. The standard InChI is InChI=1S/C12H19N3O3/c1-2-18-12(16)10-4-5-11(15-8-10)14-6-3-7-17-9-13/h4-5,8H,2-3,6-7,9,13H2,1H3,(H,14,15). The lowest BCUT2D eigenvalue weighted by Gasteiger charge is -2.06. The molecule has 3 N–H and O–H groups in total. The minimum absolute atomic E-state index is 0.243. The molecule has 1 rings (SSSR count). The zero-order valence-corrected chi connectivity index (χ0v) is 10.5. The molecule has 0 aliphatic heterocycles. The Bertz CT molecular complexity index is 354. The summed E-state index contributed by atoms with van der Waals surface area (Å²) in [7, 11) is 0. The molecule has 6 heteroatoms. The van der Waals surface area contributed by atoms with Crippen LogP contribution in [0, 0.1) is 0 Å². The molecule has 1 heterocycles. The molecule has 0 amide bonds. The fourth-order valence-corrected chi connectivity index (χ4v) is 1.31. The van der Waals surface area contributed by atoms with Crippen molar-refractivity contribution in [2.75, 3.05) is 31.8 Å². The maximum atomic E-state index is 11.4. The molecular weight excluding hydrogens is 234 g/mol. The maximum Gasteiger partial charge on any atom is 0.339 e. The van der Waals surface area contributed by atoms with Gasteiger partial charge in [0, 0.05) is 19.3 Å². The van der Waals surface area contributed by atoms with Crippen LogP contribution in [0.1, 0.15) is 23.7 Å². The molecule has 0 aliphatic carbocycles. The number of pyridine rings is 1. The molecule has 100 valence electrons. The van der Waals surface area contributed by atoms with Crippen molar-refractivity contribution in [3.8, 4) is 0 Å². The summed E-state index contributed by atoms with van der Waals surface area (Å²) < 4.78 is 9.87. The largest absolute Gasteiger partial charge is 0.462 e. The van der Waals surface area contributed by atoms with Gasteiger partial charge in [-0.15, -0.1) is 0 Å². The van der Waals surface area contributed by atoms with Crippen molar-refractivity contribution >= 4 is 11.8 Å². The Kier molecular flexibility index (Phi) is 6.75. The first-order chi connectivity index (χ1) is 8.77. The van der Waals surface area contributed by atoms with E-state index in [1.807, 2.05) is 0 Å². The van der Waals surface area contributed by atoms with Gasteiger partial charge in [-0.25, -0.2) is 9.78 Å². The summed E-state index contributed by atoms with van der Waals surface area (Å²) in [5.41, 5.74) is 5.65. The monoisotopic (exact) mass is 253 g/mol. The van der Waals surface area contributed by atoms with Crippen LogP contribution in [-0.2, 0) is 9.47 Å². The third kappa shape index (κ3) is 5.11. The van der Waals surface area contributed by atoms with Crippen LogP contribution in [0.5, 0.6) is 0 Å². The number of ether oxygens (including phenoxy) is 2. The second-order valence-corrected chi connectivity index (χ2v) is 3.51. The van der Waals surface area contributed by atoms with Gasteiger partial charge in [0.15, 0.2) is 0 Å². The molecule has 0 bridgehead atoms. The van der Waals surface area contributed by atoms with Crippen molar-refractivity contribution < 1.29 is 14.3 Å². The van der Waals surface area contributed by atoms with E-state index in [-0.39, 0.29) is 12.7 Å². The lowest BCUT2D eigenvalue weighted by atomic mass is 10.3. The number of aromatic nitrogens is 1. The lowest BCUT2D eigenvalue weighted by molar-refractivity contribution is 0.0526. The topological polar surface area (TPSA) is 86.5 Å². The van der Waals surface area contributed by atoms with E-state index in [4.69, 9.17) is 15.2 Å². The SMILES string of the molecule is CCOC(=O)c1ccc(NCCCOCN)nc1. The molecular formula is C12H19N3O3. The van der Waals surface area contributed by atoms with Gasteiger partial charge in [0.05, 0.1) is 18.9 Å². The first-order valence-corrected chi connectivity index (χ1v) is 5.92. The van der Waals surface area contributed by atoms with Crippen LogP contribution < -0.4 is 11.1 Å². The third-order valence-corrected chi connectivity index (χ3v) is 2.16. The van der Waals surface area contributed by atoms with Gasteiger partial charge in [-0.1, -0.05) is 0 Å². The summed E-state index contributed by atoms with van der Waals surface area (Å²) in [6.45, 7) is 3.73. The number of nitrogens with one attached hydrogen (secondary N) is 1. The summed E-state index contributed by atoms with van der Waals surface area (Å²) in [5, 5.41) is 3.12. The van der Waals surface area contributed by atoms with E-state index in [1.54, 1.807) is 19.1 Å². The fraction of sp³-hybridized carbons (Fsp3) is 0.500. The van der Waals surface area contributed by atoms with Crippen molar-refractivity contribution in [3.63, 3.8) is 0 Å². The van der Waals surface area contributed by atoms with Crippen molar-refractivity contribution in [3.05, 3.63) is 23.9 Å². The summed E-state index contributed by atoms with van der Waals surface area (Å²) in [6, 6.07) is 3.43. The number of nitrogens with zero attached hydrogens (tertiary/aromatic N) is 1. The number of carbonyl (C=O) groups excluding carboxylic acids is 1. The molecule has 0 atom stereocenters. The van der Waals surface area contributed by atoms with Gasteiger partial charge < -0.3 is 20.5 Å². The molecule has 18 heavy (non-hydrogen) atoms. The van der Waals surface area contributed by atoms with Gasteiger partial charge in [-0.3, -0.25) is 0 Å². The zero-order chi connectivity index (χ0) is 13.2. The van der Waals surface area contributed by atoms with Crippen LogP contribution in [0.4, 0.5) is 5.82 Å².